The molecule has 1 aliphatic heterocycles. The van der Waals surface area contributed by atoms with E-state index in [1.165, 1.54) is 0 Å². The van der Waals surface area contributed by atoms with Gasteiger partial charge in [0.2, 0.25) is 5.91 Å². The number of benzene rings is 2. The van der Waals surface area contributed by atoms with E-state index in [1.807, 2.05) is 0 Å². The first-order chi connectivity index (χ1) is 14.6. The zero-order valence-electron chi connectivity index (χ0n) is 16.8. The Morgan fingerprint density at radius 3 is 2.20 bits per heavy atom. The highest BCUT2D eigenvalue weighted by molar-refractivity contribution is 6.04. The number of amides is 3. The molecule has 0 spiro atoms. The van der Waals surface area contributed by atoms with Crippen molar-refractivity contribution in [1.29, 1.82) is 0 Å². The molecule has 158 valence electrons. The highest BCUT2D eigenvalue weighted by atomic mass is 16.5. The maximum absolute atomic E-state index is 12.3. The molecule has 0 aliphatic carbocycles. The zero-order valence-corrected chi connectivity index (χ0v) is 16.8. The van der Waals surface area contributed by atoms with Gasteiger partial charge in [0.15, 0.2) is 0 Å². The second-order valence-corrected chi connectivity index (χ2v) is 6.81. The number of carbonyl (C=O) groups excluding carboxylic acids is 3. The third-order valence-corrected chi connectivity index (χ3v) is 4.69. The van der Waals surface area contributed by atoms with E-state index in [0.717, 1.165) is 12.8 Å². The minimum Gasteiger partial charge on any atom is -0.497 e. The van der Waals surface area contributed by atoms with E-state index in [1.54, 1.807) is 55.6 Å². The van der Waals surface area contributed by atoms with Crippen molar-refractivity contribution in [2.45, 2.75) is 18.9 Å². The quantitative estimate of drug-likeness (QED) is 0.576. The number of anilines is 1. The van der Waals surface area contributed by atoms with Crippen LogP contribution in [-0.2, 0) is 9.53 Å². The summed E-state index contributed by atoms with van der Waals surface area (Å²) < 4.78 is 10.4. The van der Waals surface area contributed by atoms with Crippen molar-refractivity contribution < 1.29 is 23.9 Å². The van der Waals surface area contributed by atoms with E-state index in [0.29, 0.717) is 42.3 Å². The summed E-state index contributed by atoms with van der Waals surface area (Å²) in [4.78, 5) is 36.3. The van der Waals surface area contributed by atoms with Gasteiger partial charge in [-0.05, 0) is 61.4 Å². The molecule has 3 rings (SSSR count). The summed E-state index contributed by atoms with van der Waals surface area (Å²) in [5.74, 6) is 0.0262. The van der Waals surface area contributed by atoms with Crippen molar-refractivity contribution in [3.63, 3.8) is 0 Å². The Hall–Kier alpha value is -3.39. The fraction of sp³-hybridized carbons (Fsp3) is 0.318. The monoisotopic (exact) mass is 411 g/mol. The van der Waals surface area contributed by atoms with Gasteiger partial charge in [-0.15, -0.1) is 0 Å². The molecule has 0 bridgehead atoms. The molecule has 1 heterocycles. The van der Waals surface area contributed by atoms with Crippen LogP contribution in [0, 0.1) is 0 Å². The Morgan fingerprint density at radius 1 is 0.933 bits per heavy atom. The maximum Gasteiger partial charge on any atom is 0.255 e. The summed E-state index contributed by atoms with van der Waals surface area (Å²) in [6.07, 6.45) is 1.26. The number of carbonyl (C=O) groups is 3. The van der Waals surface area contributed by atoms with E-state index in [2.05, 4.69) is 16.0 Å². The maximum atomic E-state index is 12.3. The third-order valence-electron chi connectivity index (χ3n) is 4.69. The standard InChI is InChI=1S/C22H25N3O5/c1-29-18-10-6-16(7-11-18)21(27)25-17-8-4-15(5-9-17)20(26)23-12-13-24-22(28)19-3-2-14-30-19/h4-11,19H,2-3,12-14H2,1H3,(H,23,26)(H,24,28)(H,25,27). The number of hydrogen-bond donors (Lipinski definition) is 3. The first-order valence-corrected chi connectivity index (χ1v) is 9.80. The van der Waals surface area contributed by atoms with Crippen molar-refractivity contribution in [3.8, 4) is 5.75 Å². The van der Waals surface area contributed by atoms with Gasteiger partial charge in [-0.2, -0.15) is 0 Å². The number of methoxy groups -OCH3 is 1. The van der Waals surface area contributed by atoms with Crippen LogP contribution in [0.25, 0.3) is 0 Å². The topological polar surface area (TPSA) is 106 Å². The van der Waals surface area contributed by atoms with Crippen LogP contribution in [0.4, 0.5) is 5.69 Å². The largest absolute Gasteiger partial charge is 0.497 e. The summed E-state index contributed by atoms with van der Waals surface area (Å²) in [5, 5.41) is 8.28. The average Bonchev–Trinajstić information content (AvgIpc) is 3.32. The molecule has 1 aliphatic rings. The highest BCUT2D eigenvalue weighted by Gasteiger charge is 2.22. The molecule has 2 aromatic rings. The number of nitrogens with one attached hydrogen (secondary N) is 3. The van der Waals surface area contributed by atoms with Crippen LogP contribution >= 0.6 is 0 Å². The van der Waals surface area contributed by atoms with E-state index in [-0.39, 0.29) is 23.8 Å². The van der Waals surface area contributed by atoms with E-state index in [9.17, 15) is 14.4 Å². The van der Waals surface area contributed by atoms with Gasteiger partial charge in [-0.3, -0.25) is 14.4 Å². The zero-order chi connectivity index (χ0) is 21.3. The highest BCUT2D eigenvalue weighted by Crippen LogP contribution is 2.15. The SMILES string of the molecule is COc1ccc(C(=O)Nc2ccc(C(=O)NCCNC(=O)C3CCCO3)cc2)cc1. The minimum atomic E-state index is -0.374. The summed E-state index contributed by atoms with van der Waals surface area (Å²) >= 11 is 0. The Labute approximate surface area is 174 Å². The van der Waals surface area contributed by atoms with Gasteiger partial charge in [0.05, 0.1) is 7.11 Å². The van der Waals surface area contributed by atoms with Crippen LogP contribution in [-0.4, -0.2) is 50.6 Å². The van der Waals surface area contributed by atoms with E-state index < -0.39 is 0 Å². The molecule has 1 saturated heterocycles. The predicted octanol–water partition coefficient (Wildman–Crippen LogP) is 1.97. The van der Waals surface area contributed by atoms with Crippen LogP contribution in [0.2, 0.25) is 0 Å². The van der Waals surface area contributed by atoms with Crippen molar-refractivity contribution in [2.24, 2.45) is 0 Å². The molecule has 3 N–H and O–H groups in total. The van der Waals surface area contributed by atoms with Crippen LogP contribution in [0.5, 0.6) is 5.75 Å². The summed E-state index contributed by atoms with van der Waals surface area (Å²) in [6, 6.07) is 13.4. The fourth-order valence-corrected chi connectivity index (χ4v) is 3.01. The van der Waals surface area contributed by atoms with Crippen LogP contribution < -0.4 is 20.7 Å². The molecule has 0 saturated carbocycles. The molecular formula is C22H25N3O5. The minimum absolute atomic E-state index is 0.140. The second kappa shape index (κ2) is 10.4. The van der Waals surface area contributed by atoms with Crippen molar-refractivity contribution in [3.05, 3.63) is 59.7 Å². The molecule has 8 nitrogen and oxygen atoms in total. The molecular weight excluding hydrogens is 386 g/mol. The number of rotatable bonds is 8. The van der Waals surface area contributed by atoms with Gasteiger partial charge in [-0.1, -0.05) is 0 Å². The van der Waals surface area contributed by atoms with Gasteiger partial charge in [0.25, 0.3) is 11.8 Å². The van der Waals surface area contributed by atoms with Crippen LogP contribution in [0.3, 0.4) is 0 Å². The lowest BCUT2D eigenvalue weighted by Crippen LogP contribution is -2.39. The second-order valence-electron chi connectivity index (χ2n) is 6.81. The summed E-state index contributed by atoms with van der Waals surface area (Å²) in [7, 11) is 1.56. The van der Waals surface area contributed by atoms with Gasteiger partial charge >= 0.3 is 0 Å². The molecule has 1 unspecified atom stereocenters. The van der Waals surface area contributed by atoms with Crippen molar-refractivity contribution in [2.75, 3.05) is 32.1 Å². The lowest BCUT2D eigenvalue weighted by Gasteiger charge is -2.11. The number of hydrogen-bond acceptors (Lipinski definition) is 5. The van der Waals surface area contributed by atoms with Crippen LogP contribution in [0.15, 0.2) is 48.5 Å². The lowest BCUT2D eigenvalue weighted by atomic mass is 10.1. The predicted molar refractivity (Wildman–Crippen MR) is 112 cm³/mol. The van der Waals surface area contributed by atoms with E-state index >= 15 is 0 Å². The van der Waals surface area contributed by atoms with E-state index in [4.69, 9.17) is 9.47 Å². The molecule has 1 atom stereocenters. The third kappa shape index (κ3) is 5.81. The van der Waals surface area contributed by atoms with Gasteiger partial charge < -0.3 is 25.4 Å². The molecule has 8 heteroatoms. The van der Waals surface area contributed by atoms with Crippen molar-refractivity contribution >= 4 is 23.4 Å². The van der Waals surface area contributed by atoms with Crippen molar-refractivity contribution in [1.82, 2.24) is 10.6 Å². The average molecular weight is 411 g/mol. The Bertz CT molecular complexity index is 875. The molecule has 30 heavy (non-hydrogen) atoms. The fourth-order valence-electron chi connectivity index (χ4n) is 3.01. The Balaban J connectivity index is 1.43. The van der Waals surface area contributed by atoms with Gasteiger partial charge in [0, 0.05) is 36.5 Å². The summed E-state index contributed by atoms with van der Waals surface area (Å²) in [6.45, 7) is 1.26. The number of ether oxygens (including phenoxy) is 2. The molecule has 1 fully saturated rings. The first kappa shape index (κ1) is 21.3. The van der Waals surface area contributed by atoms with Gasteiger partial charge in [0.1, 0.15) is 11.9 Å². The van der Waals surface area contributed by atoms with Gasteiger partial charge in [-0.25, -0.2) is 0 Å². The summed E-state index contributed by atoms with van der Waals surface area (Å²) in [5.41, 5.74) is 1.54. The smallest absolute Gasteiger partial charge is 0.255 e. The Morgan fingerprint density at radius 2 is 1.57 bits per heavy atom. The molecule has 0 radical (unpaired) electrons. The first-order valence-electron chi connectivity index (χ1n) is 9.80. The normalized spacial score (nSPS) is 15.3. The molecule has 3 amide bonds. The molecule has 0 aromatic heterocycles. The lowest BCUT2D eigenvalue weighted by molar-refractivity contribution is -0.129. The van der Waals surface area contributed by atoms with Crippen LogP contribution in [0.1, 0.15) is 33.6 Å². The Kier molecular flexibility index (Phi) is 7.40. The molecule has 2 aromatic carbocycles.